The number of allylic oxidation sites excluding steroid dienone is 4. The van der Waals surface area contributed by atoms with Gasteiger partial charge in [-0.25, -0.2) is 0 Å². The van der Waals surface area contributed by atoms with Crippen LogP contribution in [0.3, 0.4) is 0 Å². The Kier molecular flexibility index (Phi) is 4.52. The lowest BCUT2D eigenvalue weighted by Crippen LogP contribution is -1.91. The van der Waals surface area contributed by atoms with Gasteiger partial charge in [0.05, 0.1) is 0 Å². The van der Waals surface area contributed by atoms with Gasteiger partial charge in [-0.2, -0.15) is 0 Å². The summed E-state index contributed by atoms with van der Waals surface area (Å²) in [5, 5.41) is 0. The van der Waals surface area contributed by atoms with Gasteiger partial charge in [-0.05, 0) is 39.0 Å². The van der Waals surface area contributed by atoms with Crippen LogP contribution in [-0.2, 0) is 4.79 Å². The predicted molar refractivity (Wildman–Crippen MR) is 55.6 cm³/mol. The molecule has 1 heteroatoms. The van der Waals surface area contributed by atoms with E-state index < -0.39 is 0 Å². The molecule has 0 N–H and O–H groups in total. The minimum atomic E-state index is 0.317. The summed E-state index contributed by atoms with van der Waals surface area (Å²) in [4.78, 5) is 10.7. The van der Waals surface area contributed by atoms with Gasteiger partial charge in [0.25, 0.3) is 0 Å². The molecule has 0 atom stereocenters. The minimum Gasteiger partial charge on any atom is -0.300 e. The van der Waals surface area contributed by atoms with Gasteiger partial charge in [0.1, 0.15) is 5.78 Å². The molecule has 1 rings (SSSR count). The first-order valence-electron chi connectivity index (χ1n) is 5.13. The summed E-state index contributed by atoms with van der Waals surface area (Å²) in [7, 11) is 0. The van der Waals surface area contributed by atoms with Crippen LogP contribution in [0.1, 0.15) is 45.4 Å². The van der Waals surface area contributed by atoms with Crippen LogP contribution in [0.4, 0.5) is 0 Å². The second kappa shape index (κ2) is 5.74. The van der Waals surface area contributed by atoms with E-state index in [1.54, 1.807) is 12.5 Å². The number of ketones is 1. The fourth-order valence-electron chi connectivity index (χ4n) is 1.59. The molecule has 72 valence electrons. The first-order valence-corrected chi connectivity index (χ1v) is 5.13. The van der Waals surface area contributed by atoms with Crippen LogP contribution >= 0.6 is 0 Å². The molecule has 0 aromatic carbocycles. The quantitative estimate of drug-likeness (QED) is 0.589. The largest absolute Gasteiger partial charge is 0.300 e. The normalized spacial score (nSPS) is 15.6. The maximum atomic E-state index is 10.7. The summed E-state index contributed by atoms with van der Waals surface area (Å²) in [5.74, 6) is 0.317. The number of carbonyl (C=O) groups is 1. The Morgan fingerprint density at radius 1 is 1.46 bits per heavy atom. The van der Waals surface area contributed by atoms with E-state index in [0.717, 1.165) is 12.8 Å². The maximum absolute atomic E-state index is 10.7. The zero-order chi connectivity index (χ0) is 9.52. The lowest BCUT2D eigenvalue weighted by atomic mass is 9.99. The van der Waals surface area contributed by atoms with Crippen LogP contribution in [0, 0.1) is 0 Å². The molecule has 0 unspecified atom stereocenters. The van der Waals surface area contributed by atoms with Gasteiger partial charge in [-0.3, -0.25) is 0 Å². The molecule has 0 spiro atoms. The standard InChI is InChI=1S/C12H18O/c1-11(13)7-5-6-10-12-8-3-2-4-9-12/h2-3,8H,4-7,9-10H2,1H3. The molecule has 0 bridgehead atoms. The highest BCUT2D eigenvalue weighted by molar-refractivity contribution is 5.75. The van der Waals surface area contributed by atoms with Crippen molar-refractivity contribution in [3.63, 3.8) is 0 Å². The molecule has 1 nitrogen and oxygen atoms in total. The second-order valence-electron chi connectivity index (χ2n) is 3.70. The third-order valence-corrected chi connectivity index (χ3v) is 2.38. The highest BCUT2D eigenvalue weighted by atomic mass is 16.1. The average molecular weight is 178 g/mol. The molecule has 0 saturated heterocycles. The number of Topliss-reactive ketones (excluding diaryl/α,β-unsaturated/α-hetero) is 1. The summed E-state index contributed by atoms with van der Waals surface area (Å²) in [6.07, 6.45) is 13.1. The average Bonchev–Trinajstić information content (AvgIpc) is 2.14. The fourth-order valence-corrected chi connectivity index (χ4v) is 1.59. The monoisotopic (exact) mass is 178 g/mol. The van der Waals surface area contributed by atoms with Crippen LogP contribution in [0.5, 0.6) is 0 Å². The van der Waals surface area contributed by atoms with Crippen molar-refractivity contribution in [3.05, 3.63) is 23.8 Å². The van der Waals surface area contributed by atoms with Gasteiger partial charge in [-0.1, -0.05) is 23.8 Å². The van der Waals surface area contributed by atoms with Crippen molar-refractivity contribution >= 4 is 5.78 Å². The van der Waals surface area contributed by atoms with Gasteiger partial charge in [-0.15, -0.1) is 0 Å². The van der Waals surface area contributed by atoms with Crippen molar-refractivity contribution < 1.29 is 4.79 Å². The third-order valence-electron chi connectivity index (χ3n) is 2.38. The molecule has 0 aromatic rings. The Morgan fingerprint density at radius 3 is 2.92 bits per heavy atom. The summed E-state index contributed by atoms with van der Waals surface area (Å²) in [6, 6.07) is 0. The molecule has 1 aliphatic rings. The van der Waals surface area contributed by atoms with E-state index in [9.17, 15) is 4.79 Å². The smallest absolute Gasteiger partial charge is 0.129 e. The molecular weight excluding hydrogens is 160 g/mol. The molecule has 0 radical (unpaired) electrons. The van der Waals surface area contributed by atoms with Gasteiger partial charge >= 0.3 is 0 Å². The first kappa shape index (κ1) is 10.2. The summed E-state index contributed by atoms with van der Waals surface area (Å²) >= 11 is 0. The Hall–Kier alpha value is -0.850. The highest BCUT2D eigenvalue weighted by Crippen LogP contribution is 2.18. The topological polar surface area (TPSA) is 17.1 Å². The SMILES string of the molecule is CC(=O)CCCCC1=CC=CCC1. The van der Waals surface area contributed by atoms with E-state index in [-0.39, 0.29) is 0 Å². The van der Waals surface area contributed by atoms with Gasteiger partial charge in [0, 0.05) is 6.42 Å². The Bertz CT molecular complexity index is 223. The van der Waals surface area contributed by atoms with Crippen LogP contribution in [0.2, 0.25) is 0 Å². The zero-order valence-corrected chi connectivity index (χ0v) is 8.38. The number of hydrogen-bond acceptors (Lipinski definition) is 1. The molecule has 0 aliphatic heterocycles. The minimum absolute atomic E-state index is 0.317. The van der Waals surface area contributed by atoms with E-state index in [4.69, 9.17) is 0 Å². The molecule has 0 amide bonds. The van der Waals surface area contributed by atoms with Gasteiger partial charge < -0.3 is 4.79 Å². The second-order valence-corrected chi connectivity index (χ2v) is 3.70. The van der Waals surface area contributed by atoms with Crippen LogP contribution in [0.15, 0.2) is 23.8 Å². The number of carbonyl (C=O) groups excluding carboxylic acids is 1. The number of hydrogen-bond donors (Lipinski definition) is 0. The van der Waals surface area contributed by atoms with E-state index in [1.165, 1.54) is 25.7 Å². The Labute approximate surface area is 80.5 Å². The fraction of sp³-hybridized carbons (Fsp3) is 0.583. The highest BCUT2D eigenvalue weighted by Gasteiger charge is 2.00. The number of rotatable bonds is 5. The number of unbranched alkanes of at least 4 members (excludes halogenated alkanes) is 1. The van der Waals surface area contributed by atoms with Crippen molar-refractivity contribution in [2.24, 2.45) is 0 Å². The summed E-state index contributed by atoms with van der Waals surface area (Å²) < 4.78 is 0. The van der Waals surface area contributed by atoms with E-state index in [2.05, 4.69) is 18.2 Å². The molecule has 0 heterocycles. The van der Waals surface area contributed by atoms with E-state index >= 15 is 0 Å². The summed E-state index contributed by atoms with van der Waals surface area (Å²) in [5.41, 5.74) is 1.55. The molecular formula is C12H18O. The molecule has 0 saturated carbocycles. The lowest BCUT2D eigenvalue weighted by molar-refractivity contribution is -0.117. The van der Waals surface area contributed by atoms with Crippen molar-refractivity contribution in [2.45, 2.75) is 45.4 Å². The van der Waals surface area contributed by atoms with Crippen molar-refractivity contribution in [2.75, 3.05) is 0 Å². The van der Waals surface area contributed by atoms with Gasteiger partial charge in [0.2, 0.25) is 0 Å². The Morgan fingerprint density at radius 2 is 2.31 bits per heavy atom. The predicted octanol–water partition coefficient (Wildman–Crippen LogP) is 3.41. The first-order chi connectivity index (χ1) is 6.29. The van der Waals surface area contributed by atoms with Gasteiger partial charge in [0.15, 0.2) is 0 Å². The third kappa shape index (κ3) is 4.66. The molecule has 0 aromatic heterocycles. The van der Waals surface area contributed by atoms with Crippen LogP contribution in [-0.4, -0.2) is 5.78 Å². The molecule has 1 aliphatic carbocycles. The lowest BCUT2D eigenvalue weighted by Gasteiger charge is -2.07. The maximum Gasteiger partial charge on any atom is 0.129 e. The van der Waals surface area contributed by atoms with E-state index in [0.29, 0.717) is 5.78 Å². The zero-order valence-electron chi connectivity index (χ0n) is 8.38. The Balaban J connectivity index is 2.08. The molecule has 0 fully saturated rings. The van der Waals surface area contributed by atoms with Crippen LogP contribution < -0.4 is 0 Å². The van der Waals surface area contributed by atoms with E-state index in [1.807, 2.05) is 0 Å². The molecule has 13 heavy (non-hydrogen) atoms. The van der Waals surface area contributed by atoms with Crippen LogP contribution in [0.25, 0.3) is 0 Å². The van der Waals surface area contributed by atoms with Crippen molar-refractivity contribution in [3.8, 4) is 0 Å². The van der Waals surface area contributed by atoms with Crippen molar-refractivity contribution in [1.82, 2.24) is 0 Å². The van der Waals surface area contributed by atoms with Crippen molar-refractivity contribution in [1.29, 1.82) is 0 Å². The summed E-state index contributed by atoms with van der Waals surface area (Å²) in [6.45, 7) is 1.67.